The quantitative estimate of drug-likeness (QED) is 0.661. The zero-order valence-electron chi connectivity index (χ0n) is 15.2. The van der Waals surface area contributed by atoms with E-state index in [1.54, 1.807) is 31.2 Å². The van der Waals surface area contributed by atoms with E-state index in [2.05, 4.69) is 11.5 Å². The molecule has 1 unspecified atom stereocenters. The minimum Gasteiger partial charge on any atom is -0.411 e. The Bertz CT molecular complexity index is 691. The SMILES string of the molecule is C=CS(=O)(=O)N(CC)CCN1CCC(C(F)c2ccccc2ON)CC1. The van der Waals surface area contributed by atoms with Crippen molar-refractivity contribution in [1.82, 2.24) is 9.21 Å². The maximum absolute atomic E-state index is 14.9. The van der Waals surface area contributed by atoms with Crippen molar-refractivity contribution in [1.29, 1.82) is 0 Å². The highest BCUT2D eigenvalue weighted by molar-refractivity contribution is 7.92. The lowest BCUT2D eigenvalue weighted by molar-refractivity contribution is 0.115. The highest BCUT2D eigenvalue weighted by atomic mass is 32.2. The predicted octanol–water partition coefficient (Wildman–Crippen LogP) is 2.46. The Morgan fingerprint density at radius 1 is 1.42 bits per heavy atom. The monoisotopic (exact) mass is 385 g/mol. The van der Waals surface area contributed by atoms with E-state index in [4.69, 9.17) is 10.7 Å². The molecule has 26 heavy (non-hydrogen) atoms. The molecule has 0 bridgehead atoms. The van der Waals surface area contributed by atoms with Crippen LogP contribution in [-0.2, 0) is 10.0 Å². The molecule has 146 valence electrons. The van der Waals surface area contributed by atoms with Gasteiger partial charge in [0.25, 0.3) is 0 Å². The van der Waals surface area contributed by atoms with Gasteiger partial charge in [-0.15, -0.1) is 0 Å². The summed E-state index contributed by atoms with van der Waals surface area (Å²) in [5, 5.41) is 0.980. The Balaban J connectivity index is 1.88. The summed E-state index contributed by atoms with van der Waals surface area (Å²) in [6, 6.07) is 6.91. The van der Waals surface area contributed by atoms with E-state index in [9.17, 15) is 12.8 Å². The van der Waals surface area contributed by atoms with E-state index in [0.717, 1.165) is 18.5 Å². The summed E-state index contributed by atoms with van der Waals surface area (Å²) in [5.74, 6) is 5.51. The summed E-state index contributed by atoms with van der Waals surface area (Å²) in [7, 11) is -3.39. The molecule has 1 atom stereocenters. The fourth-order valence-corrected chi connectivity index (χ4v) is 4.27. The Kier molecular flexibility index (Phi) is 7.57. The number of sulfonamides is 1. The molecule has 1 aromatic rings. The highest BCUT2D eigenvalue weighted by Gasteiger charge is 2.29. The molecule has 0 radical (unpaired) electrons. The van der Waals surface area contributed by atoms with Crippen molar-refractivity contribution in [2.24, 2.45) is 11.8 Å². The summed E-state index contributed by atoms with van der Waals surface area (Å²) in [6.45, 7) is 8.10. The van der Waals surface area contributed by atoms with E-state index in [1.807, 2.05) is 0 Å². The molecule has 2 rings (SSSR count). The Hall–Kier alpha value is -1.48. The first-order valence-corrected chi connectivity index (χ1v) is 10.4. The highest BCUT2D eigenvalue weighted by Crippen LogP contribution is 2.37. The number of alkyl halides is 1. The van der Waals surface area contributed by atoms with Gasteiger partial charge >= 0.3 is 0 Å². The van der Waals surface area contributed by atoms with Crippen LogP contribution in [0, 0.1) is 5.92 Å². The molecule has 0 aliphatic carbocycles. The van der Waals surface area contributed by atoms with Crippen LogP contribution < -0.4 is 10.7 Å². The van der Waals surface area contributed by atoms with Crippen molar-refractivity contribution < 1.29 is 17.6 Å². The van der Waals surface area contributed by atoms with Gasteiger partial charge in [0.2, 0.25) is 10.0 Å². The fraction of sp³-hybridized carbons (Fsp3) is 0.556. The first-order valence-electron chi connectivity index (χ1n) is 8.87. The number of hydrogen-bond donors (Lipinski definition) is 1. The second kappa shape index (κ2) is 9.45. The molecule has 1 saturated heterocycles. The third kappa shape index (κ3) is 5.03. The summed E-state index contributed by atoms with van der Waals surface area (Å²) in [5.41, 5.74) is 0.489. The molecule has 0 spiro atoms. The van der Waals surface area contributed by atoms with Gasteiger partial charge in [0.05, 0.1) is 0 Å². The number of likely N-dealkylation sites (N-methyl/N-ethyl adjacent to an activating group) is 1. The maximum Gasteiger partial charge on any atom is 0.235 e. The second-order valence-electron chi connectivity index (χ2n) is 6.44. The van der Waals surface area contributed by atoms with Crippen LogP contribution in [0.1, 0.15) is 31.5 Å². The molecule has 0 aromatic heterocycles. The molecule has 1 aliphatic rings. The predicted molar refractivity (Wildman–Crippen MR) is 101 cm³/mol. The molecular formula is C18H28FN3O3S. The van der Waals surface area contributed by atoms with E-state index >= 15 is 0 Å². The molecule has 1 fully saturated rings. The second-order valence-corrected chi connectivity index (χ2v) is 8.32. The van der Waals surface area contributed by atoms with Crippen LogP contribution in [-0.4, -0.2) is 50.3 Å². The minimum atomic E-state index is -3.39. The molecular weight excluding hydrogens is 357 g/mol. The van der Waals surface area contributed by atoms with Gasteiger partial charge < -0.3 is 9.74 Å². The van der Waals surface area contributed by atoms with Crippen LogP contribution in [0.15, 0.2) is 36.3 Å². The number of nitrogens with two attached hydrogens (primary N) is 1. The zero-order chi connectivity index (χ0) is 19.2. The molecule has 0 saturated carbocycles. The number of hydrogen-bond acceptors (Lipinski definition) is 5. The normalized spacial score (nSPS) is 18.0. The Labute approximate surface area is 155 Å². The van der Waals surface area contributed by atoms with Crippen molar-refractivity contribution in [2.75, 3.05) is 32.7 Å². The minimum absolute atomic E-state index is 0.0956. The molecule has 0 amide bonds. The Morgan fingerprint density at radius 3 is 2.65 bits per heavy atom. The maximum atomic E-state index is 14.9. The topological polar surface area (TPSA) is 75.9 Å². The average Bonchev–Trinajstić information content (AvgIpc) is 2.68. The zero-order valence-corrected chi connectivity index (χ0v) is 16.0. The van der Waals surface area contributed by atoms with E-state index < -0.39 is 16.2 Å². The van der Waals surface area contributed by atoms with E-state index in [0.29, 0.717) is 43.8 Å². The van der Waals surface area contributed by atoms with Gasteiger partial charge in [-0.2, -0.15) is 10.2 Å². The Morgan fingerprint density at radius 2 is 2.08 bits per heavy atom. The first kappa shape index (κ1) is 20.8. The summed E-state index contributed by atoms with van der Waals surface area (Å²) >= 11 is 0. The molecule has 8 heteroatoms. The van der Waals surface area contributed by atoms with Crippen LogP contribution in [0.3, 0.4) is 0 Å². The smallest absolute Gasteiger partial charge is 0.235 e. The number of nitrogens with zero attached hydrogens (tertiary/aromatic N) is 2. The number of halogens is 1. The van der Waals surface area contributed by atoms with Crippen LogP contribution in [0.4, 0.5) is 4.39 Å². The van der Waals surface area contributed by atoms with Crippen molar-refractivity contribution in [3.8, 4) is 5.75 Å². The lowest BCUT2D eigenvalue weighted by Gasteiger charge is -2.34. The van der Waals surface area contributed by atoms with Gasteiger partial charge in [-0.05, 0) is 37.9 Å². The number of rotatable bonds is 9. The first-order chi connectivity index (χ1) is 12.4. The fourth-order valence-electron chi connectivity index (χ4n) is 3.36. The molecule has 6 nitrogen and oxygen atoms in total. The number of piperidine rings is 1. The van der Waals surface area contributed by atoms with Gasteiger partial charge in [0, 0.05) is 30.6 Å². The number of benzene rings is 1. The summed E-state index contributed by atoms with van der Waals surface area (Å²) < 4.78 is 40.1. The molecule has 1 aromatic carbocycles. The van der Waals surface area contributed by atoms with Crippen molar-refractivity contribution in [2.45, 2.75) is 25.9 Å². The molecule has 1 aliphatic heterocycles. The van der Waals surface area contributed by atoms with Crippen LogP contribution in [0.2, 0.25) is 0 Å². The van der Waals surface area contributed by atoms with Crippen molar-refractivity contribution in [3.05, 3.63) is 41.8 Å². The van der Waals surface area contributed by atoms with E-state index in [1.165, 1.54) is 4.31 Å². The van der Waals surface area contributed by atoms with Crippen LogP contribution in [0.5, 0.6) is 5.75 Å². The van der Waals surface area contributed by atoms with Gasteiger partial charge in [-0.3, -0.25) is 0 Å². The van der Waals surface area contributed by atoms with Gasteiger partial charge in [0.1, 0.15) is 6.17 Å². The third-order valence-corrected chi connectivity index (χ3v) is 6.56. The van der Waals surface area contributed by atoms with Gasteiger partial charge in [-0.25, -0.2) is 12.8 Å². The summed E-state index contributed by atoms with van der Waals surface area (Å²) in [6.07, 6.45) is 0.297. The number of para-hydroxylation sites is 1. The summed E-state index contributed by atoms with van der Waals surface area (Å²) in [4.78, 5) is 6.95. The van der Waals surface area contributed by atoms with Crippen LogP contribution >= 0.6 is 0 Å². The van der Waals surface area contributed by atoms with Gasteiger partial charge in [-0.1, -0.05) is 31.7 Å². The van der Waals surface area contributed by atoms with Crippen molar-refractivity contribution in [3.63, 3.8) is 0 Å². The van der Waals surface area contributed by atoms with Crippen molar-refractivity contribution >= 4 is 10.0 Å². The number of likely N-dealkylation sites (tertiary alicyclic amines) is 1. The average molecular weight is 386 g/mol. The standard InChI is InChI=1S/C18H28FN3O3S/c1-3-22(26(23,24)4-2)14-13-21-11-9-15(10-12-21)18(19)16-7-5-6-8-17(16)25-20/h4-8,15,18H,2-3,9-14,20H2,1H3. The van der Waals surface area contributed by atoms with Crippen LogP contribution in [0.25, 0.3) is 0 Å². The third-order valence-electron chi connectivity index (χ3n) is 4.98. The lowest BCUT2D eigenvalue weighted by Crippen LogP contribution is -2.41. The largest absolute Gasteiger partial charge is 0.411 e. The van der Waals surface area contributed by atoms with E-state index in [-0.39, 0.29) is 5.92 Å². The molecule has 2 N–H and O–H groups in total. The van der Waals surface area contributed by atoms with Gasteiger partial charge in [0.15, 0.2) is 5.75 Å². The lowest BCUT2D eigenvalue weighted by atomic mass is 9.88. The molecule has 1 heterocycles.